The summed E-state index contributed by atoms with van der Waals surface area (Å²) in [6.45, 7) is 6.44. The van der Waals surface area contributed by atoms with Gasteiger partial charge in [-0.3, -0.25) is 0 Å². The van der Waals surface area contributed by atoms with Gasteiger partial charge in [-0.1, -0.05) is 23.7 Å². The predicted octanol–water partition coefficient (Wildman–Crippen LogP) is 3.49. The highest BCUT2D eigenvalue weighted by molar-refractivity contribution is 6.30. The van der Waals surface area contributed by atoms with Crippen molar-refractivity contribution in [3.05, 3.63) is 46.6 Å². The molecule has 0 bridgehead atoms. The SMILES string of the molecule is CCN(CC)c1c(N)cc(C#N)n1Cc1ccc(Cl)cc1. The first-order valence-electron chi connectivity index (χ1n) is 6.99. The summed E-state index contributed by atoms with van der Waals surface area (Å²) in [5, 5.41) is 10.0. The van der Waals surface area contributed by atoms with Crippen LogP contribution in [0.1, 0.15) is 25.1 Å². The number of aromatic nitrogens is 1. The van der Waals surface area contributed by atoms with Gasteiger partial charge in [0.15, 0.2) is 0 Å². The highest BCUT2D eigenvalue weighted by Gasteiger charge is 2.17. The van der Waals surface area contributed by atoms with Crippen molar-refractivity contribution >= 4 is 23.1 Å². The number of rotatable bonds is 5. The van der Waals surface area contributed by atoms with Gasteiger partial charge >= 0.3 is 0 Å². The third-order valence-electron chi connectivity index (χ3n) is 3.53. The van der Waals surface area contributed by atoms with Crippen molar-refractivity contribution in [1.82, 2.24) is 4.57 Å². The number of nitrogens with zero attached hydrogens (tertiary/aromatic N) is 3. The lowest BCUT2D eigenvalue weighted by molar-refractivity contribution is 0.740. The van der Waals surface area contributed by atoms with Crippen LogP contribution < -0.4 is 10.6 Å². The van der Waals surface area contributed by atoms with Crippen molar-refractivity contribution in [2.75, 3.05) is 23.7 Å². The van der Waals surface area contributed by atoms with E-state index in [2.05, 4.69) is 24.8 Å². The van der Waals surface area contributed by atoms with Crippen LogP contribution in [0.2, 0.25) is 5.02 Å². The summed E-state index contributed by atoms with van der Waals surface area (Å²) in [6, 6.07) is 11.6. The summed E-state index contributed by atoms with van der Waals surface area (Å²) in [6.07, 6.45) is 0. The molecule has 0 amide bonds. The van der Waals surface area contributed by atoms with Gasteiger partial charge in [-0.25, -0.2) is 0 Å². The molecule has 4 nitrogen and oxygen atoms in total. The van der Waals surface area contributed by atoms with Crippen molar-refractivity contribution in [2.45, 2.75) is 20.4 Å². The maximum atomic E-state index is 9.34. The first kappa shape index (κ1) is 15.3. The van der Waals surface area contributed by atoms with Crippen LogP contribution in [0.15, 0.2) is 30.3 Å². The first-order valence-corrected chi connectivity index (χ1v) is 7.37. The number of anilines is 2. The van der Waals surface area contributed by atoms with Gasteiger partial charge in [-0.2, -0.15) is 5.26 Å². The molecule has 2 N–H and O–H groups in total. The number of nitrogens with two attached hydrogens (primary N) is 1. The summed E-state index contributed by atoms with van der Waals surface area (Å²) in [7, 11) is 0. The Morgan fingerprint density at radius 1 is 1.24 bits per heavy atom. The molecule has 0 saturated carbocycles. The molecular weight excluding hydrogens is 284 g/mol. The molecule has 1 heterocycles. The normalized spacial score (nSPS) is 10.4. The van der Waals surface area contributed by atoms with Crippen LogP contribution in [0.4, 0.5) is 11.5 Å². The minimum Gasteiger partial charge on any atom is -0.396 e. The molecule has 0 aliphatic heterocycles. The number of nitrogen functional groups attached to an aromatic ring is 1. The Morgan fingerprint density at radius 3 is 2.38 bits per heavy atom. The number of halogens is 1. The van der Waals surface area contributed by atoms with Crippen molar-refractivity contribution < 1.29 is 0 Å². The van der Waals surface area contributed by atoms with E-state index in [1.165, 1.54) is 0 Å². The predicted molar refractivity (Wildman–Crippen MR) is 87.7 cm³/mol. The summed E-state index contributed by atoms with van der Waals surface area (Å²) >= 11 is 5.92. The largest absolute Gasteiger partial charge is 0.396 e. The zero-order valence-corrected chi connectivity index (χ0v) is 13.1. The highest BCUT2D eigenvalue weighted by atomic mass is 35.5. The smallest absolute Gasteiger partial charge is 0.133 e. The van der Waals surface area contributed by atoms with E-state index >= 15 is 0 Å². The topological polar surface area (TPSA) is 58.0 Å². The molecule has 0 fully saturated rings. The van der Waals surface area contributed by atoms with E-state index in [1.54, 1.807) is 6.07 Å². The van der Waals surface area contributed by atoms with Crippen molar-refractivity contribution in [1.29, 1.82) is 5.26 Å². The van der Waals surface area contributed by atoms with Gasteiger partial charge in [0, 0.05) is 18.1 Å². The quantitative estimate of drug-likeness (QED) is 0.919. The molecule has 2 rings (SSSR count). The van der Waals surface area contributed by atoms with Gasteiger partial charge in [-0.15, -0.1) is 0 Å². The van der Waals surface area contributed by atoms with Crippen molar-refractivity contribution in [3.8, 4) is 6.07 Å². The zero-order chi connectivity index (χ0) is 15.4. The van der Waals surface area contributed by atoms with E-state index in [4.69, 9.17) is 17.3 Å². The molecule has 0 saturated heterocycles. The van der Waals surface area contributed by atoms with Gasteiger partial charge in [-0.05, 0) is 37.6 Å². The second-order valence-corrected chi connectivity index (χ2v) is 5.24. The number of hydrogen-bond acceptors (Lipinski definition) is 3. The third-order valence-corrected chi connectivity index (χ3v) is 3.78. The van der Waals surface area contributed by atoms with Crippen molar-refractivity contribution in [2.24, 2.45) is 0 Å². The van der Waals surface area contributed by atoms with Crippen LogP contribution in [0.3, 0.4) is 0 Å². The van der Waals surface area contributed by atoms with Crippen LogP contribution >= 0.6 is 11.6 Å². The molecule has 21 heavy (non-hydrogen) atoms. The summed E-state index contributed by atoms with van der Waals surface area (Å²) in [5.74, 6) is 0.909. The third kappa shape index (κ3) is 3.14. The van der Waals surface area contributed by atoms with E-state index in [0.29, 0.717) is 22.9 Å². The van der Waals surface area contributed by atoms with Gasteiger partial charge in [0.25, 0.3) is 0 Å². The minimum atomic E-state index is 0.573. The molecule has 5 heteroatoms. The van der Waals surface area contributed by atoms with Gasteiger partial charge in [0.1, 0.15) is 17.6 Å². The molecule has 0 spiro atoms. The van der Waals surface area contributed by atoms with Crippen LogP contribution in [-0.2, 0) is 6.54 Å². The Morgan fingerprint density at radius 2 is 1.86 bits per heavy atom. The average molecular weight is 303 g/mol. The Kier molecular flexibility index (Phi) is 4.77. The molecule has 110 valence electrons. The molecule has 0 aliphatic carbocycles. The standard InChI is InChI=1S/C16H19ClN4/c1-3-20(4-2)16-15(19)9-14(10-18)21(16)11-12-5-7-13(17)8-6-12/h5-9H,3-4,11,19H2,1-2H3. The maximum absolute atomic E-state index is 9.34. The lowest BCUT2D eigenvalue weighted by Gasteiger charge is -2.24. The molecule has 0 unspecified atom stereocenters. The lowest BCUT2D eigenvalue weighted by Crippen LogP contribution is -2.26. The second kappa shape index (κ2) is 6.55. The van der Waals surface area contributed by atoms with E-state index < -0.39 is 0 Å². The Bertz CT molecular complexity index is 648. The van der Waals surface area contributed by atoms with Gasteiger partial charge in [0.2, 0.25) is 0 Å². The molecule has 0 aliphatic rings. The first-order chi connectivity index (χ1) is 10.1. The minimum absolute atomic E-state index is 0.573. The fourth-order valence-corrected chi connectivity index (χ4v) is 2.59. The Balaban J connectivity index is 2.45. The summed E-state index contributed by atoms with van der Waals surface area (Å²) in [4.78, 5) is 2.16. The fraction of sp³-hybridized carbons (Fsp3) is 0.312. The fourth-order valence-electron chi connectivity index (χ4n) is 2.46. The Hall–Kier alpha value is -2.12. The zero-order valence-electron chi connectivity index (χ0n) is 12.3. The van der Waals surface area contributed by atoms with Crippen LogP contribution in [0.5, 0.6) is 0 Å². The number of hydrogen-bond donors (Lipinski definition) is 1. The molecular formula is C16H19ClN4. The number of benzene rings is 1. The molecule has 1 aromatic carbocycles. The van der Waals surface area contributed by atoms with E-state index in [-0.39, 0.29) is 0 Å². The Labute approximate surface area is 130 Å². The lowest BCUT2D eigenvalue weighted by atomic mass is 10.2. The van der Waals surface area contributed by atoms with Gasteiger partial charge < -0.3 is 15.2 Å². The maximum Gasteiger partial charge on any atom is 0.133 e. The monoisotopic (exact) mass is 302 g/mol. The molecule has 2 aromatic rings. The van der Waals surface area contributed by atoms with E-state index in [9.17, 15) is 5.26 Å². The van der Waals surface area contributed by atoms with Gasteiger partial charge in [0.05, 0.1) is 12.2 Å². The van der Waals surface area contributed by atoms with Crippen LogP contribution in [-0.4, -0.2) is 17.7 Å². The molecule has 0 radical (unpaired) electrons. The summed E-state index contributed by atoms with van der Waals surface area (Å²) < 4.78 is 1.96. The molecule has 0 atom stereocenters. The second-order valence-electron chi connectivity index (χ2n) is 4.81. The van der Waals surface area contributed by atoms with Crippen LogP contribution in [0, 0.1) is 11.3 Å². The van der Waals surface area contributed by atoms with E-state index in [1.807, 2.05) is 28.8 Å². The highest BCUT2D eigenvalue weighted by Crippen LogP contribution is 2.29. The van der Waals surface area contributed by atoms with E-state index in [0.717, 1.165) is 24.5 Å². The van der Waals surface area contributed by atoms with Crippen molar-refractivity contribution in [3.63, 3.8) is 0 Å². The average Bonchev–Trinajstić information content (AvgIpc) is 2.80. The number of nitriles is 1. The summed E-state index contributed by atoms with van der Waals surface area (Å²) in [5.41, 5.74) is 8.41. The van der Waals surface area contributed by atoms with Crippen LogP contribution in [0.25, 0.3) is 0 Å². The molecule has 1 aromatic heterocycles.